The predicted molar refractivity (Wildman–Crippen MR) is 187 cm³/mol. The molecule has 4 aliphatic carbocycles. The Morgan fingerprint density at radius 3 is 2.46 bits per heavy atom. The largest absolute Gasteiger partial charge is 0.393 e. The summed E-state index contributed by atoms with van der Waals surface area (Å²) in [6.45, 7) is 12.8. The fourth-order valence-corrected chi connectivity index (χ4v) is 11.5. The van der Waals surface area contributed by atoms with Crippen LogP contribution in [-0.4, -0.2) is 67.9 Å². The van der Waals surface area contributed by atoms with E-state index in [1.54, 1.807) is 6.08 Å². The highest BCUT2D eigenvalue weighted by Crippen LogP contribution is 2.70. The van der Waals surface area contributed by atoms with E-state index >= 15 is 0 Å². The van der Waals surface area contributed by atoms with Crippen LogP contribution in [0.3, 0.4) is 0 Å². The van der Waals surface area contributed by atoms with E-state index in [1.165, 1.54) is 6.42 Å². The minimum atomic E-state index is -1.28. The molecule has 7 N–H and O–H groups in total. The molecule has 0 spiro atoms. The summed E-state index contributed by atoms with van der Waals surface area (Å²) in [5.74, 6) is 0.398. The second-order valence-electron chi connectivity index (χ2n) is 18.0. The summed E-state index contributed by atoms with van der Waals surface area (Å²) in [5.41, 5.74) is 3.00. The van der Waals surface area contributed by atoms with E-state index in [2.05, 4.69) is 39.1 Å². The van der Waals surface area contributed by atoms with Crippen LogP contribution >= 0.6 is 0 Å². The van der Waals surface area contributed by atoms with Gasteiger partial charge in [0.2, 0.25) is 0 Å². The predicted octanol–water partition coefficient (Wildman–Crippen LogP) is 5.58. The lowest BCUT2D eigenvalue weighted by atomic mass is 9.44. The molecule has 3 saturated carbocycles. The molecule has 0 amide bonds. The third-order valence-electron chi connectivity index (χ3n) is 15.0. The molecule has 0 radical (unpaired) electrons. The number of nitrogens with one attached hydrogen (secondary N) is 1. The van der Waals surface area contributed by atoms with Crippen LogP contribution < -0.4 is 11.1 Å². The number of hydrogen-bond donors (Lipinski definition) is 6. The first-order valence-electron chi connectivity index (χ1n) is 19.1. The SMILES string of the molecule is CCCCCC[C@]12CC[C@H](O)C[C@H]1C(=O)C=C1[C@@H]2CC[C@]2(C)[C@@H]([C@@](C)(O)[C@H]3O[C@@H]3[C@](C)(O)C(C)(C)CCC3=CCNC(N)=C3)CC[C@@]12O. The molecule has 11 atom stereocenters. The van der Waals surface area contributed by atoms with Gasteiger partial charge in [0, 0.05) is 17.9 Å². The van der Waals surface area contributed by atoms with Crippen molar-refractivity contribution in [2.24, 2.45) is 39.7 Å². The molecule has 270 valence electrons. The summed E-state index contributed by atoms with van der Waals surface area (Å²) in [6, 6.07) is 0. The van der Waals surface area contributed by atoms with Gasteiger partial charge in [0.25, 0.3) is 0 Å². The maximum Gasteiger partial charge on any atom is 0.159 e. The minimum Gasteiger partial charge on any atom is -0.393 e. The first kappa shape index (κ1) is 36.1. The quantitative estimate of drug-likeness (QED) is 0.117. The van der Waals surface area contributed by atoms with Crippen LogP contribution in [0, 0.1) is 34.0 Å². The van der Waals surface area contributed by atoms with Crippen molar-refractivity contribution in [1.29, 1.82) is 0 Å². The molecule has 1 saturated heterocycles. The Morgan fingerprint density at radius 2 is 1.75 bits per heavy atom. The number of dihydropyridines is 1. The number of aliphatic hydroxyl groups is 4. The van der Waals surface area contributed by atoms with Gasteiger partial charge in [-0.25, -0.2) is 0 Å². The summed E-state index contributed by atoms with van der Waals surface area (Å²) in [4.78, 5) is 14.0. The molecule has 4 fully saturated rings. The number of aliphatic hydroxyl groups excluding tert-OH is 1. The monoisotopic (exact) mass is 668 g/mol. The number of fused-ring (bicyclic) bond motifs is 5. The average Bonchev–Trinajstić information content (AvgIpc) is 3.80. The topological polar surface area (TPSA) is 149 Å². The van der Waals surface area contributed by atoms with Gasteiger partial charge >= 0.3 is 0 Å². The van der Waals surface area contributed by atoms with Crippen LogP contribution in [0.4, 0.5) is 0 Å². The lowest BCUT2D eigenvalue weighted by Gasteiger charge is -2.61. The Hall–Kier alpha value is -1.71. The van der Waals surface area contributed by atoms with E-state index < -0.39 is 45.9 Å². The number of carbonyl (C=O) groups is 1. The van der Waals surface area contributed by atoms with Crippen molar-refractivity contribution in [2.75, 3.05) is 6.54 Å². The molecule has 0 aromatic carbocycles. The number of epoxide rings is 1. The van der Waals surface area contributed by atoms with Crippen LogP contribution in [0.2, 0.25) is 0 Å². The van der Waals surface area contributed by atoms with Gasteiger partial charge in [-0.3, -0.25) is 4.79 Å². The first-order chi connectivity index (χ1) is 22.4. The summed E-state index contributed by atoms with van der Waals surface area (Å²) in [5, 5.41) is 51.0. The molecule has 8 heteroatoms. The van der Waals surface area contributed by atoms with Gasteiger partial charge in [-0.15, -0.1) is 0 Å². The molecule has 6 rings (SSSR count). The van der Waals surface area contributed by atoms with E-state index in [-0.39, 0.29) is 29.0 Å². The van der Waals surface area contributed by atoms with Crippen LogP contribution in [0.25, 0.3) is 0 Å². The smallest absolute Gasteiger partial charge is 0.159 e. The van der Waals surface area contributed by atoms with Crippen LogP contribution in [0.1, 0.15) is 131 Å². The molecule has 6 aliphatic rings. The Morgan fingerprint density at radius 1 is 1.00 bits per heavy atom. The molecular weight excluding hydrogens is 604 g/mol. The number of unbranched alkanes of at least 4 members (excludes halogenated alkanes) is 3. The zero-order valence-electron chi connectivity index (χ0n) is 30.5. The van der Waals surface area contributed by atoms with Crippen LogP contribution in [0.15, 0.2) is 35.2 Å². The van der Waals surface area contributed by atoms with Gasteiger partial charge in [0.15, 0.2) is 5.78 Å². The van der Waals surface area contributed by atoms with E-state index in [0.717, 1.165) is 68.9 Å². The lowest BCUT2D eigenvalue weighted by molar-refractivity contribution is -0.156. The zero-order chi connectivity index (χ0) is 34.9. The lowest BCUT2D eigenvalue weighted by Crippen LogP contribution is -2.62. The molecule has 2 heterocycles. The van der Waals surface area contributed by atoms with Gasteiger partial charge < -0.3 is 36.2 Å². The van der Waals surface area contributed by atoms with Crippen molar-refractivity contribution < 1.29 is 30.0 Å². The highest BCUT2D eigenvalue weighted by Gasteiger charge is 2.73. The van der Waals surface area contributed by atoms with E-state index in [1.807, 2.05) is 19.9 Å². The zero-order valence-corrected chi connectivity index (χ0v) is 30.5. The van der Waals surface area contributed by atoms with Crippen molar-refractivity contribution in [1.82, 2.24) is 5.32 Å². The second-order valence-corrected chi connectivity index (χ2v) is 18.0. The molecule has 0 unspecified atom stereocenters. The Kier molecular flexibility index (Phi) is 9.40. The number of ether oxygens (including phenoxy) is 1. The van der Waals surface area contributed by atoms with Crippen LogP contribution in [-0.2, 0) is 9.53 Å². The van der Waals surface area contributed by atoms with Crippen molar-refractivity contribution in [3.05, 3.63) is 35.2 Å². The third-order valence-corrected chi connectivity index (χ3v) is 15.0. The highest BCUT2D eigenvalue weighted by atomic mass is 16.6. The Balaban J connectivity index is 1.22. The minimum absolute atomic E-state index is 0.0747. The number of carbonyl (C=O) groups excluding carboxylic acids is 1. The number of allylic oxidation sites excluding steroid dienone is 3. The summed E-state index contributed by atoms with van der Waals surface area (Å²) in [7, 11) is 0. The molecule has 0 aromatic rings. The molecular formula is C40H64N2O6. The van der Waals surface area contributed by atoms with E-state index in [0.29, 0.717) is 38.0 Å². The number of nitrogens with two attached hydrogens (primary N) is 1. The summed E-state index contributed by atoms with van der Waals surface area (Å²) in [6.07, 6.45) is 16.2. The van der Waals surface area contributed by atoms with E-state index in [4.69, 9.17) is 10.5 Å². The number of ketones is 1. The number of hydrogen-bond acceptors (Lipinski definition) is 8. The van der Waals surface area contributed by atoms with E-state index in [9.17, 15) is 25.2 Å². The summed E-state index contributed by atoms with van der Waals surface area (Å²) < 4.78 is 6.27. The third kappa shape index (κ3) is 5.64. The Bertz CT molecular complexity index is 1350. The van der Waals surface area contributed by atoms with Crippen molar-refractivity contribution in [3.8, 4) is 0 Å². The van der Waals surface area contributed by atoms with Gasteiger partial charge in [0.05, 0.1) is 28.7 Å². The fourth-order valence-electron chi connectivity index (χ4n) is 11.5. The fraction of sp³-hybridized carbons (Fsp3) is 0.825. The average molecular weight is 669 g/mol. The standard InChI is InChI=1S/C40H64N2O6/c1-7-8-9-10-16-39-19-12-26(43)23-29(39)30(44)24-28-27(39)13-18-36(4)31(14-20-40(28,36)47)37(5,45)33-34(48-33)38(6,46)35(2,3)17-11-25-15-21-42-32(41)22-25/h15,22,24,26-27,29,31,33-34,42-43,45-47H,7-14,16-21,23,41H2,1-6H3/t26-,27-,29-,31-,33-,34-,36+,37+,38-,39+,40+/m0/s1. The van der Waals surface area contributed by atoms with Crippen molar-refractivity contribution in [3.63, 3.8) is 0 Å². The maximum absolute atomic E-state index is 14.0. The number of rotatable bonds is 12. The van der Waals surface area contributed by atoms with Gasteiger partial charge in [-0.05, 0) is 124 Å². The summed E-state index contributed by atoms with van der Waals surface area (Å²) >= 11 is 0. The molecule has 0 aromatic heterocycles. The van der Waals surface area contributed by atoms with Crippen molar-refractivity contribution in [2.45, 2.75) is 167 Å². The molecule has 2 aliphatic heterocycles. The maximum atomic E-state index is 14.0. The van der Waals surface area contributed by atoms with Crippen molar-refractivity contribution >= 4 is 5.78 Å². The molecule has 0 bridgehead atoms. The normalized spacial score (nSPS) is 41.8. The molecule has 48 heavy (non-hydrogen) atoms. The van der Waals surface area contributed by atoms with Gasteiger partial charge in [-0.1, -0.05) is 59.5 Å². The van der Waals surface area contributed by atoms with Gasteiger partial charge in [-0.2, -0.15) is 0 Å². The Labute approximate surface area is 288 Å². The highest BCUT2D eigenvalue weighted by molar-refractivity contribution is 5.95. The van der Waals surface area contributed by atoms with Gasteiger partial charge in [0.1, 0.15) is 12.2 Å². The first-order valence-corrected chi connectivity index (χ1v) is 19.1. The second kappa shape index (κ2) is 12.5. The molecule has 8 nitrogen and oxygen atoms in total. The van der Waals surface area contributed by atoms with Crippen LogP contribution in [0.5, 0.6) is 0 Å².